The molecule has 0 saturated heterocycles. The van der Waals surface area contributed by atoms with Gasteiger partial charge in [0.1, 0.15) is 6.04 Å². The van der Waals surface area contributed by atoms with Crippen LogP contribution in [0.5, 0.6) is 0 Å². The van der Waals surface area contributed by atoms with E-state index in [9.17, 15) is 9.59 Å². The first kappa shape index (κ1) is 16.3. The van der Waals surface area contributed by atoms with Gasteiger partial charge < -0.3 is 16.2 Å². The molecule has 1 unspecified atom stereocenters. The summed E-state index contributed by atoms with van der Waals surface area (Å²) < 4.78 is 0. The summed E-state index contributed by atoms with van der Waals surface area (Å²) in [6.45, 7) is 4.81. The second-order valence-corrected chi connectivity index (χ2v) is 3.16. The number of carboxylic acid groups (broad SMARTS) is 1. The second-order valence-electron chi connectivity index (χ2n) is 3.16. The Morgan fingerprint density at radius 1 is 1.47 bits per heavy atom. The van der Waals surface area contributed by atoms with Crippen LogP contribution >= 0.6 is 0 Å². The molecule has 0 bridgehead atoms. The van der Waals surface area contributed by atoms with Gasteiger partial charge in [0.2, 0.25) is 6.41 Å². The summed E-state index contributed by atoms with van der Waals surface area (Å²) in [5, 5.41) is 10.8. The third-order valence-electron chi connectivity index (χ3n) is 1.67. The minimum absolute atomic E-state index is 0.565. The number of carboxylic acids is 1. The molecule has 15 heavy (non-hydrogen) atoms. The average Bonchev–Trinajstić information content (AvgIpc) is 2.20. The van der Waals surface area contributed by atoms with Gasteiger partial charge in [-0.15, -0.1) is 0 Å². The number of carbonyl (C=O) groups excluding carboxylic acids is 1. The molecular weight excluding hydrogens is 196 g/mol. The van der Waals surface area contributed by atoms with Gasteiger partial charge >= 0.3 is 5.97 Å². The summed E-state index contributed by atoms with van der Waals surface area (Å²) in [5.74, 6) is -0.910. The molecule has 0 aromatic carbocycles. The number of rotatable bonds is 7. The molecule has 4 N–H and O–H groups in total. The lowest BCUT2D eigenvalue weighted by Gasteiger charge is -2.00. The summed E-state index contributed by atoms with van der Waals surface area (Å²) in [6.07, 6.45) is 4.35. The van der Waals surface area contributed by atoms with Gasteiger partial charge in [-0.1, -0.05) is 26.7 Å². The van der Waals surface area contributed by atoms with Crippen LogP contribution in [0.3, 0.4) is 0 Å². The van der Waals surface area contributed by atoms with Gasteiger partial charge in [0, 0.05) is 6.54 Å². The number of nitrogens with two attached hydrogens (primary N) is 1. The molecule has 0 saturated carbocycles. The smallest absolute Gasteiger partial charge is 0.320 e. The molecule has 0 aliphatic carbocycles. The van der Waals surface area contributed by atoms with Crippen molar-refractivity contribution in [3.8, 4) is 0 Å². The van der Waals surface area contributed by atoms with Crippen molar-refractivity contribution in [3.63, 3.8) is 0 Å². The van der Waals surface area contributed by atoms with E-state index in [4.69, 9.17) is 10.8 Å². The average molecular weight is 218 g/mol. The maximum absolute atomic E-state index is 9.96. The van der Waals surface area contributed by atoms with Gasteiger partial charge in [-0.25, -0.2) is 0 Å². The summed E-state index contributed by atoms with van der Waals surface area (Å²) in [4.78, 5) is 19.5. The normalized spacial score (nSPS) is 10.9. The SMILES string of the molecule is CCCC(N)C(=O)O.CCCCNC=O. The molecule has 0 fully saturated rings. The van der Waals surface area contributed by atoms with Gasteiger partial charge in [0.25, 0.3) is 0 Å². The zero-order chi connectivity index (χ0) is 12.1. The molecule has 0 rings (SSSR count). The monoisotopic (exact) mass is 218 g/mol. The van der Waals surface area contributed by atoms with Crippen molar-refractivity contribution in [2.24, 2.45) is 5.73 Å². The highest BCUT2D eigenvalue weighted by Crippen LogP contribution is 1.91. The minimum Gasteiger partial charge on any atom is -0.480 e. The Hall–Kier alpha value is -1.10. The molecule has 1 amide bonds. The maximum atomic E-state index is 9.96. The van der Waals surface area contributed by atoms with E-state index in [1.54, 1.807) is 0 Å². The van der Waals surface area contributed by atoms with Crippen LogP contribution in [-0.4, -0.2) is 30.1 Å². The highest BCUT2D eigenvalue weighted by molar-refractivity contribution is 5.72. The van der Waals surface area contributed by atoms with Crippen molar-refractivity contribution in [2.75, 3.05) is 6.54 Å². The fourth-order valence-corrected chi connectivity index (χ4v) is 0.772. The number of hydrogen-bond donors (Lipinski definition) is 3. The quantitative estimate of drug-likeness (QED) is 0.434. The van der Waals surface area contributed by atoms with E-state index in [2.05, 4.69) is 12.2 Å². The highest BCUT2D eigenvalue weighted by atomic mass is 16.4. The predicted molar refractivity (Wildman–Crippen MR) is 59.5 cm³/mol. The zero-order valence-electron chi connectivity index (χ0n) is 9.53. The zero-order valence-corrected chi connectivity index (χ0v) is 9.53. The summed E-state index contributed by atoms with van der Waals surface area (Å²) >= 11 is 0. The van der Waals surface area contributed by atoms with E-state index < -0.39 is 12.0 Å². The molecule has 0 spiro atoms. The number of unbranched alkanes of at least 4 members (excludes halogenated alkanes) is 1. The Balaban J connectivity index is 0. The van der Waals surface area contributed by atoms with Gasteiger partial charge in [-0.3, -0.25) is 9.59 Å². The van der Waals surface area contributed by atoms with Gasteiger partial charge in [0.05, 0.1) is 0 Å². The van der Waals surface area contributed by atoms with Crippen molar-refractivity contribution >= 4 is 12.4 Å². The van der Waals surface area contributed by atoms with E-state index in [1.165, 1.54) is 0 Å². The lowest BCUT2D eigenvalue weighted by Crippen LogP contribution is -2.29. The first-order valence-electron chi connectivity index (χ1n) is 5.25. The van der Waals surface area contributed by atoms with Crippen molar-refractivity contribution in [3.05, 3.63) is 0 Å². The topological polar surface area (TPSA) is 92.4 Å². The summed E-state index contributed by atoms with van der Waals surface area (Å²) in [6, 6.07) is -0.667. The molecule has 0 aromatic rings. The number of hydrogen-bond acceptors (Lipinski definition) is 3. The molecular formula is C10H22N2O3. The Kier molecular flexibility index (Phi) is 14.0. The lowest BCUT2D eigenvalue weighted by atomic mass is 10.2. The van der Waals surface area contributed by atoms with Gasteiger partial charge in [0.15, 0.2) is 0 Å². The van der Waals surface area contributed by atoms with Crippen molar-refractivity contribution in [1.82, 2.24) is 5.32 Å². The Bertz CT molecular complexity index is 163. The number of aliphatic carboxylic acids is 1. The van der Waals surface area contributed by atoms with Crippen LogP contribution in [0.1, 0.15) is 39.5 Å². The predicted octanol–water partition coefficient (Wildman–Crippen LogP) is 0.731. The Morgan fingerprint density at radius 2 is 2.07 bits per heavy atom. The Labute approximate surface area is 91.0 Å². The molecule has 1 atom stereocenters. The third-order valence-corrected chi connectivity index (χ3v) is 1.67. The molecule has 0 heterocycles. The molecule has 0 radical (unpaired) electrons. The van der Waals surface area contributed by atoms with E-state index in [0.717, 1.165) is 32.2 Å². The number of amides is 1. The highest BCUT2D eigenvalue weighted by Gasteiger charge is 2.07. The number of nitrogens with one attached hydrogen (secondary N) is 1. The van der Waals surface area contributed by atoms with Gasteiger partial charge in [-0.05, 0) is 12.8 Å². The van der Waals surface area contributed by atoms with E-state index >= 15 is 0 Å². The maximum Gasteiger partial charge on any atom is 0.320 e. The molecule has 5 heteroatoms. The largest absolute Gasteiger partial charge is 0.480 e. The standard InChI is InChI=1S/C5H11NO2.C5H11NO/c1-2-3-4(6)5(7)8;1-2-3-4-6-5-7/h4H,2-3,6H2,1H3,(H,7,8);5H,2-4H2,1H3,(H,6,7). The van der Waals surface area contributed by atoms with Crippen LogP contribution in [0, 0.1) is 0 Å². The summed E-state index contributed by atoms with van der Waals surface area (Å²) in [5.41, 5.74) is 5.13. The molecule has 0 aromatic heterocycles. The molecule has 0 aliphatic heterocycles. The van der Waals surface area contributed by atoms with Crippen LogP contribution in [0.4, 0.5) is 0 Å². The fraction of sp³-hybridized carbons (Fsp3) is 0.800. The van der Waals surface area contributed by atoms with Crippen LogP contribution in [0.2, 0.25) is 0 Å². The first-order valence-corrected chi connectivity index (χ1v) is 5.25. The molecule has 0 aliphatic rings. The van der Waals surface area contributed by atoms with Crippen LogP contribution in [-0.2, 0) is 9.59 Å². The van der Waals surface area contributed by atoms with Crippen LogP contribution < -0.4 is 11.1 Å². The molecule has 90 valence electrons. The van der Waals surface area contributed by atoms with E-state index in [-0.39, 0.29) is 0 Å². The van der Waals surface area contributed by atoms with Crippen LogP contribution in [0.15, 0.2) is 0 Å². The van der Waals surface area contributed by atoms with E-state index in [0.29, 0.717) is 6.42 Å². The van der Waals surface area contributed by atoms with Crippen molar-refractivity contribution < 1.29 is 14.7 Å². The van der Waals surface area contributed by atoms with Gasteiger partial charge in [-0.2, -0.15) is 0 Å². The number of carbonyl (C=O) groups is 2. The van der Waals surface area contributed by atoms with Crippen LogP contribution in [0.25, 0.3) is 0 Å². The fourth-order valence-electron chi connectivity index (χ4n) is 0.772. The first-order chi connectivity index (χ1) is 7.09. The van der Waals surface area contributed by atoms with Crippen molar-refractivity contribution in [2.45, 2.75) is 45.6 Å². The van der Waals surface area contributed by atoms with E-state index in [1.807, 2.05) is 6.92 Å². The molecule has 5 nitrogen and oxygen atoms in total. The lowest BCUT2D eigenvalue weighted by molar-refractivity contribution is -0.138. The minimum atomic E-state index is -0.910. The second kappa shape index (κ2) is 12.9. The van der Waals surface area contributed by atoms with Crippen molar-refractivity contribution in [1.29, 1.82) is 0 Å². The Morgan fingerprint density at radius 3 is 2.33 bits per heavy atom. The third kappa shape index (κ3) is 15.6. The summed E-state index contributed by atoms with van der Waals surface area (Å²) in [7, 11) is 0.